The summed E-state index contributed by atoms with van der Waals surface area (Å²) in [6.07, 6.45) is 1.27. The number of alkyl halides is 3. The highest BCUT2D eigenvalue weighted by molar-refractivity contribution is 6.76. The number of hydrogen-bond donors (Lipinski definition) is 2. The molecule has 2 N–H and O–H groups in total. The van der Waals surface area contributed by atoms with E-state index in [1.54, 1.807) is 18.2 Å². The van der Waals surface area contributed by atoms with Crippen LogP contribution < -0.4 is 5.32 Å². The van der Waals surface area contributed by atoms with Crippen molar-refractivity contribution < 1.29 is 19.4 Å². The number of carbonyl (C=O) groups excluding carboxylic acids is 1. The molecule has 10 heteroatoms. The van der Waals surface area contributed by atoms with Gasteiger partial charge in [-0.25, -0.2) is 4.98 Å². The van der Waals surface area contributed by atoms with Crippen molar-refractivity contribution in [2.24, 2.45) is 0 Å². The Balaban J connectivity index is 1.42. The molecule has 1 saturated heterocycles. The number of aliphatic hydroxyl groups is 1. The van der Waals surface area contributed by atoms with Crippen LogP contribution in [-0.4, -0.2) is 30.5 Å². The lowest BCUT2D eigenvalue weighted by molar-refractivity contribution is -0.252. The van der Waals surface area contributed by atoms with E-state index in [1.165, 1.54) is 0 Å². The maximum Gasteiger partial charge on any atom is 0.276 e. The van der Waals surface area contributed by atoms with Crippen molar-refractivity contribution in [1.29, 1.82) is 0 Å². The summed E-state index contributed by atoms with van der Waals surface area (Å²) in [4.78, 5) is 16.6. The number of para-hydroxylation sites is 2. The van der Waals surface area contributed by atoms with E-state index in [2.05, 4.69) is 14.9 Å². The van der Waals surface area contributed by atoms with E-state index in [9.17, 15) is 9.90 Å². The fourth-order valence-corrected chi connectivity index (χ4v) is 4.51. The maximum absolute atomic E-state index is 12.2. The number of anilines is 1. The van der Waals surface area contributed by atoms with E-state index in [-0.39, 0.29) is 18.8 Å². The average Bonchev–Trinajstić information content (AvgIpc) is 3.31. The van der Waals surface area contributed by atoms with Gasteiger partial charge >= 0.3 is 0 Å². The third-order valence-corrected chi connectivity index (χ3v) is 6.73. The summed E-state index contributed by atoms with van der Waals surface area (Å²) in [5.41, 5.74) is 4.90. The first-order chi connectivity index (χ1) is 17.8. The topological polar surface area (TPSA) is 85.6 Å². The number of fused-ring (bicyclic) bond motifs is 1. The zero-order chi connectivity index (χ0) is 26.0. The minimum Gasteiger partial charge on any atom is -0.392 e. The van der Waals surface area contributed by atoms with Crippen molar-refractivity contribution in [3.05, 3.63) is 95.8 Å². The largest absolute Gasteiger partial charge is 0.392 e. The molecule has 3 aromatic carbocycles. The highest BCUT2D eigenvalue weighted by Crippen LogP contribution is 2.39. The van der Waals surface area contributed by atoms with Gasteiger partial charge in [-0.1, -0.05) is 83.3 Å². The van der Waals surface area contributed by atoms with E-state index in [1.807, 2.05) is 60.9 Å². The molecule has 1 aliphatic rings. The first-order valence-corrected chi connectivity index (χ1v) is 12.8. The molecule has 2 heterocycles. The quantitative estimate of drug-likeness (QED) is 0.279. The van der Waals surface area contributed by atoms with Crippen LogP contribution in [0.5, 0.6) is 0 Å². The molecule has 192 valence electrons. The molecule has 0 radical (unpaired) electrons. The van der Waals surface area contributed by atoms with E-state index in [0.717, 1.165) is 22.2 Å². The highest BCUT2D eigenvalue weighted by atomic mass is 35.6. The van der Waals surface area contributed by atoms with E-state index in [0.29, 0.717) is 24.2 Å². The van der Waals surface area contributed by atoms with Crippen LogP contribution in [0.2, 0.25) is 0 Å². The Labute approximate surface area is 228 Å². The molecule has 0 bridgehead atoms. The summed E-state index contributed by atoms with van der Waals surface area (Å²) >= 11 is 17.1. The van der Waals surface area contributed by atoms with Crippen molar-refractivity contribution in [1.82, 2.24) is 9.55 Å². The number of carbonyl (C=O) groups is 1. The first kappa shape index (κ1) is 26.0. The number of hydrogen-bond acceptors (Lipinski definition) is 5. The Kier molecular flexibility index (Phi) is 7.72. The number of rotatable bonds is 6. The average molecular weight is 561 g/mol. The summed E-state index contributed by atoms with van der Waals surface area (Å²) in [7, 11) is 0. The van der Waals surface area contributed by atoms with Crippen molar-refractivity contribution in [3.63, 3.8) is 0 Å². The van der Waals surface area contributed by atoms with E-state index in [4.69, 9.17) is 44.3 Å². The van der Waals surface area contributed by atoms with Crippen molar-refractivity contribution >= 4 is 57.4 Å². The minimum absolute atomic E-state index is 0.0272. The van der Waals surface area contributed by atoms with Crippen LogP contribution in [0.1, 0.15) is 35.5 Å². The van der Waals surface area contributed by atoms with Gasteiger partial charge in [0.2, 0.25) is 0 Å². The number of ether oxygens (including phenoxy) is 2. The molecule has 37 heavy (non-hydrogen) atoms. The van der Waals surface area contributed by atoms with Gasteiger partial charge in [0.25, 0.3) is 9.70 Å². The number of benzene rings is 3. The Morgan fingerprint density at radius 2 is 1.81 bits per heavy atom. The standard InChI is InChI=1S/C27H24Cl3N3O4/c28-27(29,30)26(35)32-20-5-3-4-19(12-20)25-36-21(14-33-16-31-22-6-1-2-7-23(22)33)13-24(37-25)18-10-8-17(15-34)9-11-18/h1-12,16,21,24-25,34H,13-15H2,(H,32,35)/t21-,24+,25+/m1/s1. The summed E-state index contributed by atoms with van der Waals surface area (Å²) < 4.78 is 12.8. The van der Waals surface area contributed by atoms with Crippen LogP contribution in [0.3, 0.4) is 0 Å². The predicted molar refractivity (Wildman–Crippen MR) is 144 cm³/mol. The third-order valence-electron chi connectivity index (χ3n) is 6.22. The lowest BCUT2D eigenvalue weighted by atomic mass is 10.00. The number of nitrogens with zero attached hydrogens (tertiary/aromatic N) is 2. The molecule has 1 aliphatic heterocycles. The Morgan fingerprint density at radius 3 is 2.57 bits per heavy atom. The lowest BCUT2D eigenvalue weighted by Crippen LogP contribution is -2.32. The number of nitrogens with one attached hydrogen (secondary N) is 1. The molecule has 3 atom stereocenters. The molecule has 0 aliphatic carbocycles. The Morgan fingerprint density at radius 1 is 1.03 bits per heavy atom. The Hall–Kier alpha value is -2.65. The smallest absolute Gasteiger partial charge is 0.276 e. The molecule has 7 nitrogen and oxygen atoms in total. The fraction of sp³-hybridized carbons (Fsp3) is 0.259. The first-order valence-electron chi connectivity index (χ1n) is 11.7. The SMILES string of the molecule is O=C(Nc1cccc([C@H]2O[C@@H](Cn3cnc4ccccc43)C[C@@H](c3ccc(CO)cc3)O2)c1)C(Cl)(Cl)Cl. The van der Waals surface area contributed by atoms with Crippen LogP contribution in [0.25, 0.3) is 11.0 Å². The number of aromatic nitrogens is 2. The summed E-state index contributed by atoms with van der Waals surface area (Å²) in [6.45, 7) is 0.551. The molecule has 0 unspecified atom stereocenters. The van der Waals surface area contributed by atoms with Gasteiger partial charge in [-0.15, -0.1) is 0 Å². The van der Waals surface area contributed by atoms with Gasteiger partial charge in [-0.3, -0.25) is 4.79 Å². The zero-order valence-electron chi connectivity index (χ0n) is 19.6. The third kappa shape index (κ3) is 6.09. The molecule has 0 spiro atoms. The second kappa shape index (κ2) is 11.0. The van der Waals surface area contributed by atoms with Crippen molar-refractivity contribution in [2.75, 3.05) is 5.32 Å². The van der Waals surface area contributed by atoms with Crippen LogP contribution >= 0.6 is 34.8 Å². The van der Waals surface area contributed by atoms with Gasteiger partial charge in [0.05, 0.1) is 42.7 Å². The summed E-state index contributed by atoms with van der Waals surface area (Å²) in [5, 5.41) is 12.0. The second-order valence-electron chi connectivity index (χ2n) is 8.81. The van der Waals surface area contributed by atoms with Gasteiger partial charge in [0, 0.05) is 17.7 Å². The number of amides is 1. The number of aliphatic hydroxyl groups excluding tert-OH is 1. The fourth-order valence-electron chi connectivity index (χ4n) is 4.37. The highest BCUT2D eigenvalue weighted by Gasteiger charge is 2.34. The molecular formula is C27H24Cl3N3O4. The number of imidazole rings is 1. The number of halogens is 3. The lowest BCUT2D eigenvalue weighted by Gasteiger charge is -2.36. The maximum atomic E-state index is 12.2. The second-order valence-corrected chi connectivity index (χ2v) is 11.1. The van der Waals surface area contributed by atoms with Gasteiger partial charge in [0.15, 0.2) is 6.29 Å². The Bertz CT molecular complexity index is 1390. The van der Waals surface area contributed by atoms with Gasteiger partial charge < -0.3 is 24.5 Å². The van der Waals surface area contributed by atoms with Crippen LogP contribution in [0, 0.1) is 0 Å². The summed E-state index contributed by atoms with van der Waals surface area (Å²) in [6, 6.07) is 22.7. The van der Waals surface area contributed by atoms with Crippen molar-refractivity contribution in [3.8, 4) is 0 Å². The molecule has 5 rings (SSSR count). The van der Waals surface area contributed by atoms with E-state index < -0.39 is 16.0 Å². The van der Waals surface area contributed by atoms with Gasteiger partial charge in [0.1, 0.15) is 0 Å². The molecule has 4 aromatic rings. The van der Waals surface area contributed by atoms with Crippen LogP contribution in [-0.2, 0) is 27.4 Å². The van der Waals surface area contributed by atoms with E-state index >= 15 is 0 Å². The van der Waals surface area contributed by atoms with Crippen molar-refractivity contribution in [2.45, 2.75) is 41.9 Å². The van der Waals surface area contributed by atoms with Gasteiger partial charge in [-0.05, 0) is 35.4 Å². The molecular weight excluding hydrogens is 537 g/mol. The van der Waals surface area contributed by atoms with Crippen LogP contribution in [0.4, 0.5) is 5.69 Å². The summed E-state index contributed by atoms with van der Waals surface area (Å²) in [5.74, 6) is -0.758. The normalized spacial score (nSPS) is 20.2. The predicted octanol–water partition coefficient (Wildman–Crippen LogP) is 6.08. The van der Waals surface area contributed by atoms with Crippen LogP contribution in [0.15, 0.2) is 79.1 Å². The van der Waals surface area contributed by atoms with Gasteiger partial charge in [-0.2, -0.15) is 0 Å². The molecule has 1 fully saturated rings. The zero-order valence-corrected chi connectivity index (χ0v) is 21.8. The minimum atomic E-state index is -2.08. The molecule has 1 aromatic heterocycles. The monoisotopic (exact) mass is 559 g/mol. The molecule has 1 amide bonds. The molecule has 0 saturated carbocycles.